The molecule has 2 aromatic carbocycles. The zero-order valence-corrected chi connectivity index (χ0v) is 20.2. The van der Waals surface area contributed by atoms with Crippen LogP contribution in [-0.4, -0.2) is 60.9 Å². The number of nitrogens with zero attached hydrogens (tertiary/aromatic N) is 2. The van der Waals surface area contributed by atoms with Crippen LogP contribution in [0.4, 0.5) is 0 Å². The lowest BCUT2D eigenvalue weighted by Crippen LogP contribution is -2.48. The first-order chi connectivity index (χ1) is 16.0. The quantitative estimate of drug-likeness (QED) is 0.618. The molecule has 0 spiro atoms. The van der Waals surface area contributed by atoms with Crippen LogP contribution >= 0.6 is 23.2 Å². The van der Waals surface area contributed by atoms with Crippen molar-refractivity contribution in [3.05, 3.63) is 63.6 Å². The maximum atomic E-state index is 13.2. The average molecular weight is 490 g/mol. The number of hydrogen-bond acceptors (Lipinski definition) is 4. The third kappa shape index (κ3) is 5.45. The molecule has 6 nitrogen and oxygen atoms in total. The first-order valence-corrected chi connectivity index (χ1v) is 12.2. The van der Waals surface area contributed by atoms with Gasteiger partial charge in [0.25, 0.3) is 5.91 Å². The minimum Gasteiger partial charge on any atom is -0.497 e. The van der Waals surface area contributed by atoms with Gasteiger partial charge >= 0.3 is 0 Å². The number of carbonyl (C=O) groups is 2. The van der Waals surface area contributed by atoms with Crippen LogP contribution in [0.5, 0.6) is 5.75 Å². The summed E-state index contributed by atoms with van der Waals surface area (Å²) in [6.07, 6.45) is 3.72. The van der Waals surface area contributed by atoms with Crippen molar-refractivity contribution >= 4 is 35.0 Å². The molecule has 0 bridgehead atoms. The van der Waals surface area contributed by atoms with Crippen LogP contribution in [0.2, 0.25) is 10.0 Å². The predicted molar refractivity (Wildman–Crippen MR) is 130 cm³/mol. The molecule has 4 rings (SSSR count). The van der Waals surface area contributed by atoms with Gasteiger partial charge in [-0.3, -0.25) is 14.5 Å². The van der Waals surface area contributed by atoms with Crippen molar-refractivity contribution in [2.45, 2.75) is 37.8 Å². The molecular weight excluding hydrogens is 461 g/mol. The highest BCUT2D eigenvalue weighted by Crippen LogP contribution is 2.28. The average Bonchev–Trinajstić information content (AvgIpc) is 3.53. The number of methoxy groups -OCH3 is 1. The van der Waals surface area contributed by atoms with E-state index >= 15 is 0 Å². The minimum absolute atomic E-state index is 0.0790. The van der Waals surface area contributed by atoms with E-state index in [1.807, 2.05) is 12.1 Å². The molecule has 2 fully saturated rings. The molecule has 2 heterocycles. The van der Waals surface area contributed by atoms with E-state index in [0.29, 0.717) is 35.1 Å². The molecule has 2 amide bonds. The topological polar surface area (TPSA) is 61.9 Å². The molecule has 0 aliphatic carbocycles. The van der Waals surface area contributed by atoms with Crippen molar-refractivity contribution in [3.8, 4) is 5.75 Å². The number of rotatable bonds is 7. The van der Waals surface area contributed by atoms with Crippen LogP contribution in [0.3, 0.4) is 0 Å². The first kappa shape index (κ1) is 23.9. The van der Waals surface area contributed by atoms with Gasteiger partial charge in [-0.15, -0.1) is 0 Å². The third-order valence-corrected chi connectivity index (χ3v) is 7.09. The van der Waals surface area contributed by atoms with Crippen LogP contribution in [-0.2, 0) is 4.79 Å². The van der Waals surface area contributed by atoms with Gasteiger partial charge in [-0.25, -0.2) is 0 Å². The molecule has 0 aromatic heterocycles. The summed E-state index contributed by atoms with van der Waals surface area (Å²) in [7, 11) is 1.65. The van der Waals surface area contributed by atoms with Crippen LogP contribution in [0.15, 0.2) is 42.5 Å². The predicted octanol–water partition coefficient (Wildman–Crippen LogP) is 4.56. The van der Waals surface area contributed by atoms with Crippen molar-refractivity contribution in [2.75, 3.05) is 33.3 Å². The van der Waals surface area contributed by atoms with Crippen molar-refractivity contribution < 1.29 is 14.3 Å². The van der Waals surface area contributed by atoms with E-state index in [2.05, 4.69) is 22.3 Å². The number of carbonyl (C=O) groups excluding carboxylic acids is 2. The fraction of sp³-hybridized carbons (Fsp3) is 0.440. The largest absolute Gasteiger partial charge is 0.497 e. The van der Waals surface area contributed by atoms with Gasteiger partial charge in [-0.2, -0.15) is 0 Å². The van der Waals surface area contributed by atoms with Gasteiger partial charge in [0.1, 0.15) is 11.8 Å². The minimum atomic E-state index is -0.511. The summed E-state index contributed by atoms with van der Waals surface area (Å²) in [4.78, 5) is 30.4. The van der Waals surface area contributed by atoms with Gasteiger partial charge in [0, 0.05) is 18.1 Å². The Bertz CT molecular complexity index is 993. The molecule has 2 unspecified atom stereocenters. The number of halogens is 2. The fourth-order valence-electron chi connectivity index (χ4n) is 4.75. The number of benzene rings is 2. The molecule has 2 atom stereocenters. The van der Waals surface area contributed by atoms with E-state index in [-0.39, 0.29) is 17.9 Å². The summed E-state index contributed by atoms with van der Waals surface area (Å²) in [6.45, 7) is 3.02. The lowest BCUT2D eigenvalue weighted by atomic mass is 10.0. The van der Waals surface area contributed by atoms with Gasteiger partial charge in [0.15, 0.2) is 0 Å². The Labute approximate surface area is 204 Å². The van der Waals surface area contributed by atoms with Crippen LogP contribution in [0.1, 0.15) is 47.6 Å². The summed E-state index contributed by atoms with van der Waals surface area (Å²) in [6, 6.07) is 12.4. The number of ether oxygens (including phenoxy) is 1. The second-order valence-electron chi connectivity index (χ2n) is 8.56. The summed E-state index contributed by atoms with van der Waals surface area (Å²) in [5.41, 5.74) is 1.47. The number of amides is 2. The van der Waals surface area contributed by atoms with E-state index in [9.17, 15) is 9.59 Å². The lowest BCUT2D eigenvalue weighted by Gasteiger charge is -2.30. The molecular formula is C25H29Cl2N3O3. The fourth-order valence-corrected chi connectivity index (χ4v) is 5.12. The molecule has 8 heteroatoms. The van der Waals surface area contributed by atoms with E-state index in [0.717, 1.165) is 43.7 Å². The highest BCUT2D eigenvalue weighted by molar-refractivity contribution is 6.35. The maximum Gasteiger partial charge on any atom is 0.256 e. The van der Waals surface area contributed by atoms with Crippen LogP contribution < -0.4 is 10.1 Å². The summed E-state index contributed by atoms with van der Waals surface area (Å²) >= 11 is 12.3. The third-order valence-electron chi connectivity index (χ3n) is 6.53. The number of nitrogens with one attached hydrogen (secondary N) is 1. The molecule has 2 aliphatic heterocycles. The maximum absolute atomic E-state index is 13.2. The second kappa shape index (κ2) is 10.8. The molecule has 0 saturated carbocycles. The van der Waals surface area contributed by atoms with Crippen molar-refractivity contribution in [1.82, 2.24) is 15.1 Å². The normalized spacial score (nSPS) is 19.5. The van der Waals surface area contributed by atoms with E-state index in [1.54, 1.807) is 30.2 Å². The molecule has 0 radical (unpaired) electrons. The molecule has 2 aliphatic rings. The Morgan fingerprint density at radius 2 is 1.79 bits per heavy atom. The first-order valence-electron chi connectivity index (χ1n) is 11.4. The lowest BCUT2D eigenvalue weighted by molar-refractivity contribution is -0.125. The molecule has 176 valence electrons. The van der Waals surface area contributed by atoms with Crippen molar-refractivity contribution in [1.29, 1.82) is 0 Å². The van der Waals surface area contributed by atoms with E-state index in [1.165, 1.54) is 0 Å². The summed E-state index contributed by atoms with van der Waals surface area (Å²) in [5, 5.41) is 3.90. The Morgan fingerprint density at radius 3 is 2.48 bits per heavy atom. The SMILES string of the molecule is COc1ccc(C(CNC(=O)C2CCCN2C(=O)c2cc(Cl)ccc2Cl)N2CCCC2)cc1. The van der Waals surface area contributed by atoms with Crippen molar-refractivity contribution in [3.63, 3.8) is 0 Å². The van der Waals surface area contributed by atoms with Gasteiger partial charge in [-0.1, -0.05) is 35.3 Å². The standard InChI is InChI=1S/C25H29Cl2N3O3/c1-33-19-9-6-17(7-10-19)23(29-12-2-3-13-29)16-28-24(31)22-5-4-14-30(22)25(32)20-15-18(26)8-11-21(20)27/h6-11,15,22-23H,2-5,12-14,16H2,1H3,(H,28,31). The highest BCUT2D eigenvalue weighted by atomic mass is 35.5. The zero-order chi connectivity index (χ0) is 23.4. The van der Waals surface area contributed by atoms with Crippen LogP contribution in [0.25, 0.3) is 0 Å². The Morgan fingerprint density at radius 1 is 1.06 bits per heavy atom. The highest BCUT2D eigenvalue weighted by Gasteiger charge is 2.36. The van der Waals surface area contributed by atoms with Crippen LogP contribution in [0, 0.1) is 0 Å². The monoisotopic (exact) mass is 489 g/mol. The zero-order valence-electron chi connectivity index (χ0n) is 18.7. The molecule has 1 N–H and O–H groups in total. The Kier molecular flexibility index (Phi) is 7.78. The van der Waals surface area contributed by atoms with E-state index in [4.69, 9.17) is 27.9 Å². The number of likely N-dealkylation sites (tertiary alicyclic amines) is 2. The van der Waals surface area contributed by atoms with Gasteiger partial charge in [0.2, 0.25) is 5.91 Å². The Hall–Kier alpha value is -2.28. The van der Waals surface area contributed by atoms with Gasteiger partial charge in [-0.05, 0) is 74.7 Å². The molecule has 2 saturated heterocycles. The van der Waals surface area contributed by atoms with Gasteiger partial charge < -0.3 is 15.0 Å². The van der Waals surface area contributed by atoms with Crippen molar-refractivity contribution in [2.24, 2.45) is 0 Å². The second-order valence-corrected chi connectivity index (χ2v) is 9.40. The van der Waals surface area contributed by atoms with Gasteiger partial charge in [0.05, 0.1) is 23.7 Å². The number of hydrogen-bond donors (Lipinski definition) is 1. The Balaban J connectivity index is 1.46. The smallest absolute Gasteiger partial charge is 0.256 e. The van der Waals surface area contributed by atoms with E-state index < -0.39 is 6.04 Å². The summed E-state index contributed by atoms with van der Waals surface area (Å²) in [5.74, 6) is 0.422. The summed E-state index contributed by atoms with van der Waals surface area (Å²) < 4.78 is 5.29. The molecule has 33 heavy (non-hydrogen) atoms. The molecule has 2 aromatic rings.